The summed E-state index contributed by atoms with van der Waals surface area (Å²) in [5.41, 5.74) is 7.81. The van der Waals surface area contributed by atoms with Crippen LogP contribution in [0.15, 0.2) is 30.7 Å². The maximum absolute atomic E-state index is 12.4. The van der Waals surface area contributed by atoms with Crippen molar-refractivity contribution in [1.29, 1.82) is 0 Å². The van der Waals surface area contributed by atoms with E-state index < -0.39 is 0 Å². The van der Waals surface area contributed by atoms with E-state index in [1.54, 1.807) is 29.2 Å². The van der Waals surface area contributed by atoms with Crippen molar-refractivity contribution in [3.63, 3.8) is 0 Å². The molecule has 0 aliphatic rings. The number of carbonyl (C=O) groups excluding carboxylic acids is 1. The summed E-state index contributed by atoms with van der Waals surface area (Å²) in [7, 11) is 1.84. The first kappa shape index (κ1) is 13.2. The quantitative estimate of drug-likeness (QED) is 0.632. The summed E-state index contributed by atoms with van der Waals surface area (Å²) in [4.78, 5) is 15.5. The normalized spacial score (nSPS) is 12.5. The summed E-state index contributed by atoms with van der Waals surface area (Å²) in [5.74, 6) is 0.536. The number of nitrogens with two attached hydrogens (primary N) is 1. The number of nitrogen functional groups attached to an aromatic ring is 1. The van der Waals surface area contributed by atoms with Crippen molar-refractivity contribution in [2.45, 2.75) is 13.0 Å². The Balaban J connectivity index is 1.86. The fourth-order valence-electron chi connectivity index (χ4n) is 2.35. The summed E-state index contributed by atoms with van der Waals surface area (Å²) in [6.45, 7) is 1.87. The molecule has 0 fully saturated rings. The Morgan fingerprint density at radius 1 is 1.48 bits per heavy atom. The van der Waals surface area contributed by atoms with E-state index in [4.69, 9.17) is 5.73 Å². The number of hydrogen-bond acceptors (Lipinski definition) is 4. The molecule has 0 spiro atoms. The molecule has 3 rings (SSSR count). The number of anilines is 1. The van der Waals surface area contributed by atoms with Crippen LogP contribution in [0.25, 0.3) is 10.9 Å². The third-order valence-electron chi connectivity index (χ3n) is 3.43. The van der Waals surface area contributed by atoms with Gasteiger partial charge in [0, 0.05) is 29.8 Å². The van der Waals surface area contributed by atoms with Crippen molar-refractivity contribution < 1.29 is 4.79 Å². The molecule has 7 heteroatoms. The molecule has 0 aliphatic carbocycles. The van der Waals surface area contributed by atoms with Gasteiger partial charge in [0.25, 0.3) is 5.91 Å². The maximum atomic E-state index is 12.4. The van der Waals surface area contributed by atoms with E-state index in [0.717, 1.165) is 10.9 Å². The summed E-state index contributed by atoms with van der Waals surface area (Å²) >= 11 is 0. The topological polar surface area (TPSA) is 102 Å². The van der Waals surface area contributed by atoms with Gasteiger partial charge in [-0.3, -0.25) is 4.79 Å². The van der Waals surface area contributed by atoms with Crippen LogP contribution in [-0.4, -0.2) is 25.7 Å². The standard InChI is InChI=1S/C14H16N6O/c1-8(13-19-17-7-20(13)2)18-14(21)11-6-16-12-5-9(15)3-4-10(11)12/h3-8,16H,15H2,1-2H3,(H,18,21). The first-order chi connectivity index (χ1) is 10.1. The van der Waals surface area contributed by atoms with Crippen LogP contribution in [0.4, 0.5) is 5.69 Å². The molecule has 0 saturated carbocycles. The number of nitrogens with zero attached hydrogens (tertiary/aromatic N) is 3. The Morgan fingerprint density at radius 2 is 2.29 bits per heavy atom. The van der Waals surface area contributed by atoms with Gasteiger partial charge in [-0.25, -0.2) is 0 Å². The second kappa shape index (κ2) is 4.93. The molecule has 0 saturated heterocycles. The monoisotopic (exact) mass is 284 g/mol. The lowest BCUT2D eigenvalue weighted by atomic mass is 10.1. The van der Waals surface area contributed by atoms with Crippen LogP contribution in [0.3, 0.4) is 0 Å². The minimum absolute atomic E-state index is 0.165. The number of aryl methyl sites for hydroxylation is 1. The molecule has 1 atom stereocenters. The molecule has 1 unspecified atom stereocenters. The van der Waals surface area contributed by atoms with Crippen LogP contribution in [-0.2, 0) is 7.05 Å². The van der Waals surface area contributed by atoms with Crippen LogP contribution in [0, 0.1) is 0 Å². The molecular weight excluding hydrogens is 268 g/mol. The maximum Gasteiger partial charge on any atom is 0.254 e. The number of nitrogens with one attached hydrogen (secondary N) is 2. The Kier molecular flexibility index (Phi) is 3.09. The predicted octanol–water partition coefficient (Wildman–Crippen LogP) is 1.37. The SMILES string of the molecule is CC(NC(=O)c1c[nH]c2cc(N)ccc12)c1nncn1C. The second-order valence-corrected chi connectivity index (χ2v) is 5.00. The number of aromatic amines is 1. The fraction of sp³-hybridized carbons (Fsp3) is 0.214. The predicted molar refractivity (Wildman–Crippen MR) is 79.6 cm³/mol. The number of fused-ring (bicyclic) bond motifs is 1. The molecule has 3 aromatic rings. The summed E-state index contributed by atoms with van der Waals surface area (Å²) in [6.07, 6.45) is 3.29. The molecular formula is C14H16N6O. The molecule has 0 bridgehead atoms. The van der Waals surface area contributed by atoms with Gasteiger partial charge >= 0.3 is 0 Å². The summed E-state index contributed by atoms with van der Waals surface area (Å²) in [5, 5.41) is 11.6. The fourth-order valence-corrected chi connectivity index (χ4v) is 2.35. The number of aromatic nitrogens is 4. The van der Waals surface area contributed by atoms with Crippen molar-refractivity contribution in [3.8, 4) is 0 Å². The van der Waals surface area contributed by atoms with E-state index in [1.165, 1.54) is 0 Å². The van der Waals surface area contributed by atoms with Crippen molar-refractivity contribution >= 4 is 22.5 Å². The van der Waals surface area contributed by atoms with Crippen LogP contribution in [0.1, 0.15) is 29.1 Å². The van der Waals surface area contributed by atoms with E-state index in [2.05, 4.69) is 20.5 Å². The second-order valence-electron chi connectivity index (χ2n) is 5.00. The van der Waals surface area contributed by atoms with E-state index in [1.807, 2.05) is 20.0 Å². The highest BCUT2D eigenvalue weighted by molar-refractivity contribution is 6.07. The van der Waals surface area contributed by atoms with Gasteiger partial charge in [-0.15, -0.1) is 10.2 Å². The summed E-state index contributed by atoms with van der Waals surface area (Å²) < 4.78 is 1.78. The zero-order valence-electron chi connectivity index (χ0n) is 11.8. The molecule has 108 valence electrons. The third-order valence-corrected chi connectivity index (χ3v) is 3.43. The van der Waals surface area contributed by atoms with Gasteiger partial charge in [0.05, 0.1) is 11.6 Å². The molecule has 0 radical (unpaired) electrons. The number of hydrogen-bond donors (Lipinski definition) is 3. The molecule has 4 N–H and O–H groups in total. The van der Waals surface area contributed by atoms with Crippen LogP contribution in [0.5, 0.6) is 0 Å². The first-order valence-electron chi connectivity index (χ1n) is 6.57. The van der Waals surface area contributed by atoms with Crippen LogP contribution >= 0.6 is 0 Å². The van der Waals surface area contributed by atoms with E-state index in [-0.39, 0.29) is 11.9 Å². The Labute approximate surface area is 121 Å². The number of rotatable bonds is 3. The van der Waals surface area contributed by atoms with Gasteiger partial charge in [-0.1, -0.05) is 0 Å². The van der Waals surface area contributed by atoms with E-state index in [9.17, 15) is 4.79 Å². The molecule has 7 nitrogen and oxygen atoms in total. The molecule has 1 aromatic carbocycles. The Bertz CT molecular complexity index is 803. The number of H-pyrrole nitrogens is 1. The lowest BCUT2D eigenvalue weighted by Crippen LogP contribution is -2.28. The zero-order chi connectivity index (χ0) is 15.0. The highest BCUT2D eigenvalue weighted by Crippen LogP contribution is 2.21. The van der Waals surface area contributed by atoms with Crippen LogP contribution < -0.4 is 11.1 Å². The average molecular weight is 284 g/mol. The largest absolute Gasteiger partial charge is 0.399 e. The first-order valence-corrected chi connectivity index (χ1v) is 6.57. The van der Waals surface area contributed by atoms with Gasteiger partial charge in [-0.05, 0) is 25.1 Å². The van der Waals surface area contributed by atoms with Crippen LogP contribution in [0.2, 0.25) is 0 Å². The van der Waals surface area contributed by atoms with E-state index in [0.29, 0.717) is 17.1 Å². The van der Waals surface area contributed by atoms with Crippen molar-refractivity contribution in [3.05, 3.63) is 42.1 Å². The lowest BCUT2D eigenvalue weighted by molar-refractivity contribution is 0.0939. The Hall–Kier alpha value is -2.83. The number of carbonyl (C=O) groups is 1. The van der Waals surface area contributed by atoms with Crippen molar-refractivity contribution in [2.24, 2.45) is 7.05 Å². The molecule has 1 amide bonds. The number of amides is 1. The average Bonchev–Trinajstić information content (AvgIpc) is 3.04. The zero-order valence-corrected chi connectivity index (χ0v) is 11.8. The minimum Gasteiger partial charge on any atom is -0.399 e. The number of benzene rings is 1. The smallest absolute Gasteiger partial charge is 0.254 e. The van der Waals surface area contributed by atoms with Crippen molar-refractivity contribution in [2.75, 3.05) is 5.73 Å². The molecule has 21 heavy (non-hydrogen) atoms. The molecule has 0 aliphatic heterocycles. The van der Waals surface area contributed by atoms with Crippen molar-refractivity contribution in [1.82, 2.24) is 25.1 Å². The highest BCUT2D eigenvalue weighted by atomic mass is 16.1. The minimum atomic E-state index is -0.233. The van der Waals surface area contributed by atoms with Gasteiger partial charge in [0.1, 0.15) is 6.33 Å². The van der Waals surface area contributed by atoms with Gasteiger partial charge < -0.3 is 20.6 Å². The third kappa shape index (κ3) is 2.33. The molecule has 2 heterocycles. The van der Waals surface area contributed by atoms with Gasteiger partial charge in [0.15, 0.2) is 5.82 Å². The summed E-state index contributed by atoms with van der Waals surface area (Å²) in [6, 6.07) is 5.18. The highest BCUT2D eigenvalue weighted by Gasteiger charge is 2.17. The van der Waals surface area contributed by atoms with Gasteiger partial charge in [0.2, 0.25) is 0 Å². The lowest BCUT2D eigenvalue weighted by Gasteiger charge is -2.12. The Morgan fingerprint density at radius 3 is 3.00 bits per heavy atom. The van der Waals surface area contributed by atoms with E-state index >= 15 is 0 Å². The van der Waals surface area contributed by atoms with Gasteiger partial charge in [-0.2, -0.15) is 0 Å². The molecule has 2 aromatic heterocycles.